The second-order valence-corrected chi connectivity index (χ2v) is 5.01. The minimum absolute atomic E-state index is 0.0601. The fourth-order valence-corrected chi connectivity index (χ4v) is 2.60. The zero-order valence-corrected chi connectivity index (χ0v) is 11.1. The maximum absolute atomic E-state index is 12.2. The molecule has 1 amide bonds. The summed E-state index contributed by atoms with van der Waals surface area (Å²) in [6.45, 7) is 5.05. The Balaban J connectivity index is 2.06. The normalized spacial score (nSPS) is 18.2. The molecule has 1 heterocycles. The van der Waals surface area contributed by atoms with Crippen LogP contribution in [0.3, 0.4) is 0 Å². The minimum Gasteiger partial charge on any atom is -0.508 e. The predicted molar refractivity (Wildman–Crippen MR) is 71.7 cm³/mol. The van der Waals surface area contributed by atoms with Gasteiger partial charge >= 0.3 is 0 Å². The van der Waals surface area contributed by atoms with E-state index in [1.807, 2.05) is 11.0 Å². The molecule has 1 aliphatic rings. The van der Waals surface area contributed by atoms with Crippen LogP contribution < -0.4 is 0 Å². The fraction of sp³-hybridized carbons (Fsp3) is 0.533. The van der Waals surface area contributed by atoms with Gasteiger partial charge in [0.1, 0.15) is 5.75 Å². The van der Waals surface area contributed by atoms with Crippen LogP contribution in [0, 0.1) is 0 Å². The van der Waals surface area contributed by atoms with Crippen molar-refractivity contribution < 1.29 is 9.90 Å². The Kier molecular flexibility index (Phi) is 3.90. The molecule has 0 radical (unpaired) electrons. The molecule has 3 nitrogen and oxygen atoms in total. The van der Waals surface area contributed by atoms with E-state index in [0.29, 0.717) is 5.56 Å². The SMILES string of the molecule is CCCCCCN1C(=O)c2cc(O)ccc2[C@@H]1C. The van der Waals surface area contributed by atoms with Gasteiger partial charge in [-0.3, -0.25) is 4.79 Å². The summed E-state index contributed by atoms with van der Waals surface area (Å²) in [5.74, 6) is 0.229. The van der Waals surface area contributed by atoms with Crippen molar-refractivity contribution in [3.63, 3.8) is 0 Å². The third-order valence-corrected chi connectivity index (χ3v) is 3.70. The van der Waals surface area contributed by atoms with Crippen LogP contribution in [0.2, 0.25) is 0 Å². The number of phenols is 1. The summed E-state index contributed by atoms with van der Waals surface area (Å²) in [7, 11) is 0. The van der Waals surface area contributed by atoms with Crippen LogP contribution in [0.1, 0.15) is 61.5 Å². The third kappa shape index (κ3) is 2.35. The molecule has 0 aliphatic carbocycles. The van der Waals surface area contributed by atoms with Crippen molar-refractivity contribution in [3.05, 3.63) is 29.3 Å². The molecule has 98 valence electrons. The molecule has 0 fully saturated rings. The van der Waals surface area contributed by atoms with Crippen molar-refractivity contribution >= 4 is 5.91 Å². The van der Waals surface area contributed by atoms with E-state index >= 15 is 0 Å². The third-order valence-electron chi connectivity index (χ3n) is 3.70. The van der Waals surface area contributed by atoms with Crippen LogP contribution in [-0.2, 0) is 0 Å². The first-order valence-electron chi connectivity index (χ1n) is 6.79. The van der Waals surface area contributed by atoms with Gasteiger partial charge in [0.15, 0.2) is 0 Å². The van der Waals surface area contributed by atoms with Crippen LogP contribution in [0.25, 0.3) is 0 Å². The van der Waals surface area contributed by atoms with Gasteiger partial charge in [-0.15, -0.1) is 0 Å². The highest BCUT2D eigenvalue weighted by Gasteiger charge is 2.33. The number of amides is 1. The lowest BCUT2D eigenvalue weighted by atomic mass is 10.1. The number of aromatic hydroxyl groups is 1. The highest BCUT2D eigenvalue weighted by molar-refractivity contribution is 5.99. The van der Waals surface area contributed by atoms with Gasteiger partial charge in [-0.25, -0.2) is 0 Å². The maximum Gasteiger partial charge on any atom is 0.254 e. The number of hydrogen-bond donors (Lipinski definition) is 1. The Bertz CT molecular complexity index is 442. The second-order valence-electron chi connectivity index (χ2n) is 5.01. The lowest BCUT2D eigenvalue weighted by molar-refractivity contribution is 0.0734. The molecular formula is C15H21NO2. The Hall–Kier alpha value is -1.51. The number of fused-ring (bicyclic) bond motifs is 1. The molecule has 18 heavy (non-hydrogen) atoms. The van der Waals surface area contributed by atoms with E-state index in [-0.39, 0.29) is 17.7 Å². The molecule has 0 bridgehead atoms. The Labute approximate surface area is 108 Å². The van der Waals surface area contributed by atoms with Gasteiger partial charge in [0, 0.05) is 12.1 Å². The standard InChI is InChI=1S/C15H21NO2/c1-3-4-5-6-9-16-11(2)13-8-7-12(17)10-14(13)15(16)18/h7-8,10-11,17H,3-6,9H2,1-2H3/t11-/m0/s1. The number of benzene rings is 1. The molecule has 2 rings (SSSR count). The molecule has 1 N–H and O–H groups in total. The van der Waals surface area contributed by atoms with Gasteiger partial charge in [0.25, 0.3) is 5.91 Å². The van der Waals surface area contributed by atoms with Crippen LogP contribution in [0.4, 0.5) is 0 Å². The molecule has 3 heteroatoms. The van der Waals surface area contributed by atoms with Crippen LogP contribution >= 0.6 is 0 Å². The van der Waals surface area contributed by atoms with Crippen LogP contribution in [0.5, 0.6) is 5.75 Å². The lowest BCUT2D eigenvalue weighted by Gasteiger charge is -2.21. The van der Waals surface area contributed by atoms with Gasteiger partial charge in [-0.1, -0.05) is 32.3 Å². The van der Waals surface area contributed by atoms with Crippen LogP contribution in [0.15, 0.2) is 18.2 Å². The highest BCUT2D eigenvalue weighted by Crippen LogP contribution is 2.35. The summed E-state index contributed by atoms with van der Waals surface area (Å²) in [6.07, 6.45) is 4.67. The molecular weight excluding hydrogens is 226 g/mol. The van der Waals surface area contributed by atoms with E-state index in [4.69, 9.17) is 0 Å². The van der Waals surface area contributed by atoms with Gasteiger partial charge in [0.2, 0.25) is 0 Å². The Morgan fingerprint density at radius 3 is 2.78 bits per heavy atom. The monoisotopic (exact) mass is 247 g/mol. The maximum atomic E-state index is 12.2. The molecule has 1 atom stereocenters. The predicted octanol–water partition coefficient (Wildman–Crippen LogP) is 3.49. The number of hydrogen-bond acceptors (Lipinski definition) is 2. The largest absolute Gasteiger partial charge is 0.508 e. The molecule has 0 spiro atoms. The number of carbonyl (C=O) groups excluding carboxylic acids is 1. The summed E-state index contributed by atoms with van der Waals surface area (Å²) < 4.78 is 0. The van der Waals surface area contributed by atoms with Crippen molar-refractivity contribution in [2.24, 2.45) is 0 Å². The molecule has 0 saturated heterocycles. The smallest absolute Gasteiger partial charge is 0.254 e. The summed E-state index contributed by atoms with van der Waals surface area (Å²) in [6, 6.07) is 5.23. The summed E-state index contributed by atoms with van der Waals surface area (Å²) in [4.78, 5) is 14.2. The summed E-state index contributed by atoms with van der Waals surface area (Å²) in [5.41, 5.74) is 1.70. The molecule has 0 unspecified atom stereocenters. The van der Waals surface area contributed by atoms with E-state index in [9.17, 15) is 9.90 Å². The summed E-state index contributed by atoms with van der Waals surface area (Å²) >= 11 is 0. The van der Waals surface area contributed by atoms with Gasteiger partial charge in [0.05, 0.1) is 6.04 Å². The highest BCUT2D eigenvalue weighted by atomic mass is 16.3. The second kappa shape index (κ2) is 5.42. The first kappa shape index (κ1) is 12.9. The summed E-state index contributed by atoms with van der Waals surface area (Å²) in [5, 5.41) is 9.46. The molecule has 1 aromatic rings. The molecule has 1 aliphatic heterocycles. The topological polar surface area (TPSA) is 40.5 Å². The van der Waals surface area contributed by atoms with E-state index < -0.39 is 0 Å². The van der Waals surface area contributed by atoms with E-state index in [1.165, 1.54) is 19.3 Å². The van der Waals surface area contributed by atoms with Crippen molar-refractivity contribution in [1.29, 1.82) is 0 Å². The number of unbranched alkanes of at least 4 members (excludes halogenated alkanes) is 3. The number of phenolic OH excluding ortho intramolecular Hbond substituents is 1. The number of carbonyl (C=O) groups is 1. The average molecular weight is 247 g/mol. The average Bonchev–Trinajstić information content (AvgIpc) is 2.59. The Morgan fingerprint density at radius 2 is 2.06 bits per heavy atom. The van der Waals surface area contributed by atoms with E-state index in [0.717, 1.165) is 18.5 Å². The first-order chi connectivity index (χ1) is 8.65. The van der Waals surface area contributed by atoms with E-state index in [1.54, 1.807) is 12.1 Å². The quantitative estimate of drug-likeness (QED) is 0.809. The molecule has 0 saturated carbocycles. The first-order valence-corrected chi connectivity index (χ1v) is 6.79. The van der Waals surface area contributed by atoms with Gasteiger partial charge in [-0.2, -0.15) is 0 Å². The lowest BCUT2D eigenvalue weighted by Crippen LogP contribution is -2.27. The molecule has 0 aromatic heterocycles. The van der Waals surface area contributed by atoms with Gasteiger partial charge in [-0.05, 0) is 31.0 Å². The van der Waals surface area contributed by atoms with Crippen molar-refractivity contribution in [3.8, 4) is 5.75 Å². The van der Waals surface area contributed by atoms with Crippen molar-refractivity contribution in [2.75, 3.05) is 6.54 Å². The zero-order valence-electron chi connectivity index (χ0n) is 11.1. The zero-order chi connectivity index (χ0) is 13.1. The number of nitrogens with zero attached hydrogens (tertiary/aromatic N) is 1. The van der Waals surface area contributed by atoms with Gasteiger partial charge < -0.3 is 10.0 Å². The Morgan fingerprint density at radius 1 is 1.28 bits per heavy atom. The fourth-order valence-electron chi connectivity index (χ4n) is 2.60. The number of rotatable bonds is 5. The van der Waals surface area contributed by atoms with Crippen LogP contribution in [-0.4, -0.2) is 22.5 Å². The van der Waals surface area contributed by atoms with Crippen molar-refractivity contribution in [1.82, 2.24) is 4.90 Å². The van der Waals surface area contributed by atoms with Crippen molar-refractivity contribution in [2.45, 2.75) is 45.6 Å². The molecule has 1 aromatic carbocycles. The van der Waals surface area contributed by atoms with E-state index in [2.05, 4.69) is 13.8 Å². The minimum atomic E-state index is 0.0601.